The molecule has 0 radical (unpaired) electrons. The van der Waals surface area contributed by atoms with Gasteiger partial charge in [0.2, 0.25) is 0 Å². The molecule has 1 fully saturated rings. The van der Waals surface area contributed by atoms with Gasteiger partial charge >= 0.3 is 0 Å². The summed E-state index contributed by atoms with van der Waals surface area (Å²) >= 11 is 0. The van der Waals surface area contributed by atoms with Crippen molar-refractivity contribution in [3.05, 3.63) is 29.5 Å². The Hall–Kier alpha value is -1.89. The summed E-state index contributed by atoms with van der Waals surface area (Å²) in [5.41, 5.74) is 2.78. The highest BCUT2D eigenvalue weighted by molar-refractivity contribution is 6.08. The molecule has 2 heterocycles. The number of hydrogen-bond acceptors (Lipinski definition) is 5. The van der Waals surface area contributed by atoms with Crippen molar-refractivity contribution >= 4 is 16.7 Å². The molecule has 6 nitrogen and oxygen atoms in total. The van der Waals surface area contributed by atoms with E-state index in [4.69, 9.17) is 9.47 Å². The van der Waals surface area contributed by atoms with Crippen molar-refractivity contribution in [2.45, 2.75) is 33.4 Å². The highest BCUT2D eigenvalue weighted by Crippen LogP contribution is 2.30. The van der Waals surface area contributed by atoms with E-state index >= 15 is 0 Å². The Morgan fingerprint density at radius 2 is 2.08 bits per heavy atom. The van der Waals surface area contributed by atoms with Gasteiger partial charge < -0.3 is 19.1 Å². The molecule has 1 N–H and O–H groups in total. The number of nitrogens with zero attached hydrogens (tertiary/aromatic N) is 2. The van der Waals surface area contributed by atoms with Crippen LogP contribution in [0.4, 0.5) is 0 Å². The van der Waals surface area contributed by atoms with E-state index in [1.54, 1.807) is 6.92 Å². The summed E-state index contributed by atoms with van der Waals surface area (Å²) in [5.74, 6) is 0.735. The Bertz CT molecular complexity index is 778. The number of fused-ring (bicyclic) bond motifs is 1. The molecule has 3 rings (SSSR count). The van der Waals surface area contributed by atoms with Crippen LogP contribution in [0.3, 0.4) is 0 Å². The van der Waals surface area contributed by atoms with Crippen LogP contribution in [-0.4, -0.2) is 65.9 Å². The molecular weight excluding hydrogens is 332 g/mol. The average Bonchev–Trinajstić information content (AvgIpc) is 2.91. The van der Waals surface area contributed by atoms with E-state index in [9.17, 15) is 9.90 Å². The largest absolute Gasteiger partial charge is 0.491 e. The van der Waals surface area contributed by atoms with Gasteiger partial charge in [-0.05, 0) is 39.0 Å². The Kier molecular flexibility index (Phi) is 5.96. The zero-order chi connectivity index (χ0) is 18.7. The summed E-state index contributed by atoms with van der Waals surface area (Å²) in [7, 11) is 0. The highest BCUT2D eigenvalue weighted by Gasteiger charge is 2.18. The lowest BCUT2D eigenvalue weighted by molar-refractivity contribution is 0.00466. The molecule has 0 spiro atoms. The van der Waals surface area contributed by atoms with Crippen molar-refractivity contribution in [3.63, 3.8) is 0 Å². The number of ether oxygens (including phenoxy) is 2. The normalized spacial score (nSPS) is 16.8. The maximum Gasteiger partial charge on any atom is 0.162 e. The minimum Gasteiger partial charge on any atom is -0.491 e. The average molecular weight is 360 g/mol. The summed E-state index contributed by atoms with van der Waals surface area (Å²) in [5, 5.41) is 11.2. The van der Waals surface area contributed by atoms with Gasteiger partial charge in [-0.15, -0.1) is 0 Å². The van der Waals surface area contributed by atoms with E-state index in [0.29, 0.717) is 25.5 Å². The monoisotopic (exact) mass is 360 g/mol. The number of aliphatic hydroxyl groups is 1. The zero-order valence-corrected chi connectivity index (χ0v) is 15.8. The maximum atomic E-state index is 12.1. The van der Waals surface area contributed by atoms with Crippen molar-refractivity contribution in [2.75, 3.05) is 39.5 Å². The second-order valence-corrected chi connectivity index (χ2v) is 6.82. The number of aliphatic hydroxyl groups excluding tert-OH is 1. The van der Waals surface area contributed by atoms with E-state index in [1.807, 2.05) is 25.1 Å². The standard InChI is InChI=1S/C20H28N2O4/c1-4-22-14(2)20(15(3)23)18-11-17(5-6-19(18)22)26-13-16(24)12-21-7-9-25-10-8-21/h5-6,11,16,24H,4,7-10,12-13H2,1-3H3/t16-/m0/s1. The van der Waals surface area contributed by atoms with Crippen LogP contribution in [0.2, 0.25) is 0 Å². The van der Waals surface area contributed by atoms with Crippen molar-refractivity contribution in [2.24, 2.45) is 0 Å². The Morgan fingerprint density at radius 1 is 1.35 bits per heavy atom. The lowest BCUT2D eigenvalue weighted by Gasteiger charge is -2.28. The fourth-order valence-corrected chi connectivity index (χ4v) is 3.73. The van der Waals surface area contributed by atoms with E-state index in [1.165, 1.54) is 0 Å². The molecule has 6 heteroatoms. The first-order chi connectivity index (χ1) is 12.5. The van der Waals surface area contributed by atoms with Crippen molar-refractivity contribution < 1.29 is 19.4 Å². The molecule has 1 saturated heterocycles. The van der Waals surface area contributed by atoms with Crippen molar-refractivity contribution in [3.8, 4) is 5.75 Å². The number of β-amino-alcohol motifs (C(OH)–C–C–N with tert-alkyl or cyclic N) is 1. The molecule has 1 aliphatic rings. The van der Waals surface area contributed by atoms with Crippen molar-refractivity contribution in [1.82, 2.24) is 9.47 Å². The highest BCUT2D eigenvalue weighted by atomic mass is 16.5. The van der Waals surface area contributed by atoms with Crippen LogP contribution in [0.15, 0.2) is 18.2 Å². The van der Waals surface area contributed by atoms with Crippen LogP contribution < -0.4 is 4.74 Å². The first-order valence-electron chi connectivity index (χ1n) is 9.26. The SMILES string of the molecule is CCn1c(C)c(C(C)=O)c2cc(OC[C@@H](O)CN3CCOCC3)ccc21. The molecule has 1 aliphatic heterocycles. The topological polar surface area (TPSA) is 63.9 Å². The Labute approximate surface area is 154 Å². The minimum atomic E-state index is -0.557. The van der Waals surface area contributed by atoms with Crippen LogP contribution in [0.5, 0.6) is 5.75 Å². The third-order valence-electron chi connectivity index (χ3n) is 4.98. The molecular formula is C20H28N2O4. The van der Waals surface area contributed by atoms with Crippen LogP contribution >= 0.6 is 0 Å². The molecule has 1 atom stereocenters. The molecule has 0 saturated carbocycles. The number of Topliss-reactive ketones (excluding diaryl/α,β-unsaturated/α-hetero) is 1. The van der Waals surface area contributed by atoms with Gasteiger partial charge in [-0.2, -0.15) is 0 Å². The minimum absolute atomic E-state index is 0.0594. The van der Waals surface area contributed by atoms with Gasteiger partial charge in [0.05, 0.1) is 13.2 Å². The van der Waals surface area contributed by atoms with Gasteiger partial charge in [0.15, 0.2) is 5.78 Å². The van der Waals surface area contributed by atoms with Crippen LogP contribution in [0.25, 0.3) is 10.9 Å². The third kappa shape index (κ3) is 3.92. The molecule has 2 aromatic rings. The third-order valence-corrected chi connectivity index (χ3v) is 4.98. The number of rotatable bonds is 7. The number of hydrogen-bond donors (Lipinski definition) is 1. The van der Waals surface area contributed by atoms with Gasteiger partial charge in [0.25, 0.3) is 0 Å². The molecule has 26 heavy (non-hydrogen) atoms. The number of aromatic nitrogens is 1. The predicted molar refractivity (Wildman–Crippen MR) is 101 cm³/mol. The predicted octanol–water partition coefficient (Wildman–Crippen LogP) is 2.24. The van der Waals surface area contributed by atoms with Crippen molar-refractivity contribution in [1.29, 1.82) is 0 Å². The quantitative estimate of drug-likeness (QED) is 0.767. The Balaban J connectivity index is 1.72. The maximum absolute atomic E-state index is 12.1. The smallest absolute Gasteiger partial charge is 0.162 e. The molecule has 0 unspecified atom stereocenters. The van der Waals surface area contributed by atoms with Crippen LogP contribution in [0.1, 0.15) is 29.9 Å². The zero-order valence-electron chi connectivity index (χ0n) is 15.8. The summed E-state index contributed by atoms with van der Waals surface area (Å²) < 4.78 is 13.3. The second-order valence-electron chi connectivity index (χ2n) is 6.82. The summed E-state index contributed by atoms with van der Waals surface area (Å²) in [4.78, 5) is 14.3. The molecule has 142 valence electrons. The second kappa shape index (κ2) is 8.20. The Morgan fingerprint density at radius 3 is 2.73 bits per heavy atom. The van der Waals surface area contributed by atoms with Crippen LogP contribution in [-0.2, 0) is 11.3 Å². The molecule has 1 aromatic carbocycles. The summed E-state index contributed by atoms with van der Waals surface area (Å²) in [6.07, 6.45) is -0.557. The number of morpholine rings is 1. The molecule has 0 bridgehead atoms. The van der Waals surface area contributed by atoms with Crippen LogP contribution in [0, 0.1) is 6.92 Å². The number of ketones is 1. The first kappa shape index (κ1) is 18.9. The van der Waals surface area contributed by atoms with Gasteiger partial charge in [-0.25, -0.2) is 0 Å². The van der Waals surface area contributed by atoms with E-state index in [2.05, 4.69) is 16.4 Å². The summed E-state index contributed by atoms with van der Waals surface area (Å²) in [6, 6.07) is 5.80. The lowest BCUT2D eigenvalue weighted by Crippen LogP contribution is -2.42. The molecule has 0 amide bonds. The van der Waals surface area contributed by atoms with E-state index < -0.39 is 6.10 Å². The molecule has 1 aromatic heterocycles. The summed E-state index contributed by atoms with van der Waals surface area (Å²) in [6.45, 7) is 10.4. The fraction of sp³-hybridized carbons (Fsp3) is 0.550. The van der Waals surface area contributed by atoms with Gasteiger partial charge in [0.1, 0.15) is 18.5 Å². The van der Waals surface area contributed by atoms with Gasteiger partial charge in [-0.1, -0.05) is 0 Å². The number of benzene rings is 1. The van der Waals surface area contributed by atoms with E-state index in [-0.39, 0.29) is 12.4 Å². The van der Waals surface area contributed by atoms with Gasteiger partial charge in [-0.3, -0.25) is 9.69 Å². The van der Waals surface area contributed by atoms with Gasteiger partial charge in [0, 0.05) is 48.3 Å². The number of aryl methyl sites for hydroxylation is 1. The lowest BCUT2D eigenvalue weighted by atomic mass is 10.1. The fourth-order valence-electron chi connectivity index (χ4n) is 3.73. The molecule has 0 aliphatic carbocycles. The first-order valence-corrected chi connectivity index (χ1v) is 9.26. The number of carbonyl (C=O) groups excluding carboxylic acids is 1. The van der Waals surface area contributed by atoms with E-state index in [0.717, 1.165) is 41.8 Å². The number of carbonyl (C=O) groups is 1.